The molecule has 0 spiro atoms. The minimum Gasteiger partial charge on any atom is -0.493 e. The average Bonchev–Trinajstić information content (AvgIpc) is 3.10. The SMILES string of the molecule is COc1ccc(/C=C2\CCCC3C2=Nc2cc(C)c(C)cc2N=C3c2ccc(OC)c(OC)c2)cc1OC. The minimum atomic E-state index is 0.0567. The predicted octanol–water partition coefficient (Wildman–Crippen LogP) is 7.43. The van der Waals surface area contributed by atoms with Gasteiger partial charge in [0.25, 0.3) is 0 Å². The summed E-state index contributed by atoms with van der Waals surface area (Å²) in [6.07, 6.45) is 5.19. The maximum absolute atomic E-state index is 5.64. The molecule has 0 amide bonds. The van der Waals surface area contributed by atoms with Crippen molar-refractivity contribution >= 4 is 28.9 Å². The highest BCUT2D eigenvalue weighted by molar-refractivity contribution is 6.24. The molecule has 1 aliphatic heterocycles. The third kappa shape index (κ3) is 4.78. The van der Waals surface area contributed by atoms with Crippen molar-refractivity contribution in [2.24, 2.45) is 15.9 Å². The number of fused-ring (bicyclic) bond motifs is 2. The molecule has 0 N–H and O–H groups in total. The molecule has 1 unspecified atom stereocenters. The Bertz CT molecular complexity index is 1470. The van der Waals surface area contributed by atoms with Crippen molar-refractivity contribution in [3.8, 4) is 23.0 Å². The molecule has 0 aromatic heterocycles. The summed E-state index contributed by atoms with van der Waals surface area (Å²) in [4.78, 5) is 10.6. The van der Waals surface area contributed by atoms with Gasteiger partial charge in [-0.2, -0.15) is 0 Å². The van der Waals surface area contributed by atoms with Crippen LogP contribution in [0.2, 0.25) is 0 Å². The van der Waals surface area contributed by atoms with Gasteiger partial charge in [0.15, 0.2) is 23.0 Å². The molecule has 0 saturated heterocycles. The van der Waals surface area contributed by atoms with Crippen LogP contribution in [-0.4, -0.2) is 39.9 Å². The van der Waals surface area contributed by atoms with Crippen LogP contribution in [0.4, 0.5) is 11.4 Å². The maximum Gasteiger partial charge on any atom is 0.161 e. The number of ether oxygens (including phenoxy) is 4. The van der Waals surface area contributed by atoms with Crippen LogP contribution < -0.4 is 18.9 Å². The van der Waals surface area contributed by atoms with Gasteiger partial charge in [-0.1, -0.05) is 6.07 Å². The molecule has 1 aliphatic carbocycles. The third-order valence-electron chi connectivity index (χ3n) is 7.43. The lowest BCUT2D eigenvalue weighted by molar-refractivity contribution is 0.355. The molecule has 3 aromatic rings. The second-order valence-electron chi connectivity index (χ2n) is 9.72. The minimum absolute atomic E-state index is 0.0567. The lowest BCUT2D eigenvalue weighted by Crippen LogP contribution is -2.29. The quantitative estimate of drug-likeness (QED) is 0.346. The number of rotatable bonds is 6. The molecular weight excluding hydrogens is 476 g/mol. The fourth-order valence-corrected chi connectivity index (χ4v) is 5.25. The van der Waals surface area contributed by atoms with Crippen LogP contribution in [0.5, 0.6) is 23.0 Å². The van der Waals surface area contributed by atoms with Crippen LogP contribution in [0.1, 0.15) is 41.5 Å². The van der Waals surface area contributed by atoms with Crippen LogP contribution in [0.25, 0.3) is 6.08 Å². The number of methoxy groups -OCH3 is 4. The lowest BCUT2D eigenvalue weighted by Gasteiger charge is -2.27. The first-order valence-electron chi connectivity index (χ1n) is 12.9. The van der Waals surface area contributed by atoms with Gasteiger partial charge >= 0.3 is 0 Å². The topological polar surface area (TPSA) is 61.6 Å². The smallest absolute Gasteiger partial charge is 0.161 e. The van der Waals surface area contributed by atoms with Crippen molar-refractivity contribution < 1.29 is 18.9 Å². The first-order valence-corrected chi connectivity index (χ1v) is 12.9. The molecule has 1 saturated carbocycles. The standard InChI is InChI=1S/C32H34N2O4/c1-19-14-25-26(15-20(19)2)34-32(23-11-13-28(36-4)30(18-23)38-6)24-9-7-8-22(31(24)33-25)16-21-10-12-27(35-3)29(17-21)37-5/h10-18,24H,7-9H2,1-6H3/b22-16+. The Morgan fingerprint density at radius 2 is 1.26 bits per heavy atom. The van der Waals surface area contributed by atoms with E-state index < -0.39 is 0 Å². The van der Waals surface area contributed by atoms with Crippen LogP contribution in [0.15, 0.2) is 64.1 Å². The number of aliphatic imine (C=N–C) groups is 2. The molecular formula is C32H34N2O4. The van der Waals surface area contributed by atoms with Crippen molar-refractivity contribution in [1.29, 1.82) is 0 Å². The van der Waals surface area contributed by atoms with Gasteiger partial charge in [0.1, 0.15) is 0 Å². The monoisotopic (exact) mass is 510 g/mol. The van der Waals surface area contributed by atoms with Crippen LogP contribution in [0.3, 0.4) is 0 Å². The number of hydrogen-bond donors (Lipinski definition) is 0. The van der Waals surface area contributed by atoms with E-state index in [0.29, 0.717) is 23.0 Å². The van der Waals surface area contributed by atoms with Gasteiger partial charge in [-0.15, -0.1) is 0 Å². The molecule has 38 heavy (non-hydrogen) atoms. The van der Waals surface area contributed by atoms with Gasteiger partial charge in [0, 0.05) is 11.5 Å². The van der Waals surface area contributed by atoms with E-state index in [-0.39, 0.29) is 5.92 Å². The summed E-state index contributed by atoms with van der Waals surface area (Å²) >= 11 is 0. The molecule has 3 aromatic carbocycles. The van der Waals surface area contributed by atoms with E-state index in [1.807, 2.05) is 24.3 Å². The zero-order valence-corrected chi connectivity index (χ0v) is 22.9. The summed E-state index contributed by atoms with van der Waals surface area (Å²) in [6.45, 7) is 4.24. The van der Waals surface area contributed by atoms with E-state index in [4.69, 9.17) is 28.9 Å². The molecule has 1 fully saturated rings. The highest BCUT2D eigenvalue weighted by atomic mass is 16.5. The van der Waals surface area contributed by atoms with E-state index >= 15 is 0 Å². The zero-order chi connectivity index (χ0) is 26.8. The van der Waals surface area contributed by atoms with Gasteiger partial charge in [0.2, 0.25) is 0 Å². The second-order valence-corrected chi connectivity index (χ2v) is 9.72. The van der Waals surface area contributed by atoms with Crippen molar-refractivity contribution in [1.82, 2.24) is 0 Å². The van der Waals surface area contributed by atoms with E-state index in [2.05, 4.69) is 44.2 Å². The number of benzene rings is 3. The third-order valence-corrected chi connectivity index (χ3v) is 7.43. The van der Waals surface area contributed by atoms with E-state index in [0.717, 1.165) is 53.2 Å². The van der Waals surface area contributed by atoms with Crippen molar-refractivity contribution in [3.63, 3.8) is 0 Å². The van der Waals surface area contributed by atoms with Crippen LogP contribution in [0, 0.1) is 19.8 Å². The van der Waals surface area contributed by atoms with Gasteiger partial charge < -0.3 is 18.9 Å². The van der Waals surface area contributed by atoms with E-state index in [9.17, 15) is 0 Å². The summed E-state index contributed by atoms with van der Waals surface area (Å²) in [6, 6.07) is 16.3. The molecule has 6 heteroatoms. The summed E-state index contributed by atoms with van der Waals surface area (Å²) in [5.74, 6) is 2.87. The molecule has 1 heterocycles. The number of hydrogen-bond acceptors (Lipinski definition) is 6. The summed E-state index contributed by atoms with van der Waals surface area (Å²) in [5, 5.41) is 0. The summed E-state index contributed by atoms with van der Waals surface area (Å²) in [7, 11) is 6.63. The van der Waals surface area contributed by atoms with Gasteiger partial charge in [-0.3, -0.25) is 4.99 Å². The first-order chi connectivity index (χ1) is 18.4. The molecule has 5 rings (SSSR count). The number of aryl methyl sites for hydroxylation is 2. The van der Waals surface area contributed by atoms with Gasteiger partial charge in [0.05, 0.1) is 51.2 Å². The van der Waals surface area contributed by atoms with E-state index in [1.165, 1.54) is 16.7 Å². The van der Waals surface area contributed by atoms with Crippen molar-refractivity contribution in [2.45, 2.75) is 33.1 Å². The van der Waals surface area contributed by atoms with E-state index in [1.54, 1.807) is 28.4 Å². The van der Waals surface area contributed by atoms with Gasteiger partial charge in [-0.05, 0) is 104 Å². The van der Waals surface area contributed by atoms with Crippen LogP contribution >= 0.6 is 0 Å². The van der Waals surface area contributed by atoms with Crippen LogP contribution in [-0.2, 0) is 0 Å². The van der Waals surface area contributed by atoms with Crippen molar-refractivity contribution in [2.75, 3.05) is 28.4 Å². The predicted molar refractivity (Wildman–Crippen MR) is 154 cm³/mol. The summed E-state index contributed by atoms with van der Waals surface area (Å²) in [5.41, 5.74) is 9.56. The lowest BCUT2D eigenvalue weighted by atomic mass is 9.78. The Kier molecular flexibility index (Phi) is 7.23. The number of allylic oxidation sites excluding steroid dienone is 1. The molecule has 196 valence electrons. The Morgan fingerprint density at radius 3 is 1.89 bits per heavy atom. The molecule has 2 aliphatic rings. The summed E-state index contributed by atoms with van der Waals surface area (Å²) < 4.78 is 22.1. The fourth-order valence-electron chi connectivity index (χ4n) is 5.25. The normalized spacial score (nSPS) is 17.5. The first kappa shape index (κ1) is 25.6. The average molecular weight is 511 g/mol. The Labute approximate surface area is 224 Å². The number of nitrogens with zero attached hydrogens (tertiary/aromatic N) is 2. The maximum atomic E-state index is 5.64. The van der Waals surface area contributed by atoms with Crippen molar-refractivity contribution in [3.05, 3.63) is 76.4 Å². The fraction of sp³-hybridized carbons (Fsp3) is 0.312. The molecule has 6 nitrogen and oxygen atoms in total. The Hall–Kier alpha value is -4.06. The molecule has 1 atom stereocenters. The zero-order valence-electron chi connectivity index (χ0n) is 22.9. The molecule has 0 bridgehead atoms. The Morgan fingerprint density at radius 1 is 0.684 bits per heavy atom. The largest absolute Gasteiger partial charge is 0.493 e. The highest BCUT2D eigenvalue weighted by Gasteiger charge is 2.32. The molecule has 0 radical (unpaired) electrons. The Balaban J connectivity index is 1.68. The highest BCUT2D eigenvalue weighted by Crippen LogP contribution is 2.42. The van der Waals surface area contributed by atoms with Gasteiger partial charge in [-0.25, -0.2) is 4.99 Å². The second kappa shape index (κ2) is 10.7.